The Morgan fingerprint density at radius 2 is 2.29 bits per heavy atom. The zero-order valence-electron chi connectivity index (χ0n) is 10.0. The maximum absolute atomic E-state index is 13.1. The van der Waals surface area contributed by atoms with Gasteiger partial charge in [-0.05, 0) is 37.0 Å². The highest BCUT2D eigenvalue weighted by atomic mass is 19.1. The first kappa shape index (κ1) is 12.1. The Bertz CT molecular complexity index is 432. The molecule has 1 aliphatic carbocycles. The van der Waals surface area contributed by atoms with Gasteiger partial charge in [0.15, 0.2) is 0 Å². The lowest BCUT2D eigenvalue weighted by Gasteiger charge is -2.13. The number of nitrogens with one attached hydrogen (secondary N) is 1. The first-order valence-corrected chi connectivity index (χ1v) is 6.11. The number of halogens is 1. The summed E-state index contributed by atoms with van der Waals surface area (Å²) in [4.78, 5) is 0. The van der Waals surface area contributed by atoms with Gasteiger partial charge in [0.25, 0.3) is 0 Å². The third kappa shape index (κ3) is 3.54. The van der Waals surface area contributed by atoms with Gasteiger partial charge in [0.05, 0.1) is 5.56 Å². The van der Waals surface area contributed by atoms with Crippen molar-refractivity contribution in [3.63, 3.8) is 0 Å². The molecule has 0 aromatic heterocycles. The molecule has 0 saturated heterocycles. The van der Waals surface area contributed by atoms with E-state index in [4.69, 9.17) is 5.26 Å². The zero-order valence-corrected chi connectivity index (χ0v) is 10.0. The minimum Gasteiger partial charge on any atom is -0.310 e. The minimum absolute atomic E-state index is 0.124. The van der Waals surface area contributed by atoms with Crippen molar-refractivity contribution in [2.24, 2.45) is 5.92 Å². The summed E-state index contributed by atoms with van der Waals surface area (Å²) in [5.74, 6) is 0.461. The molecule has 0 aliphatic heterocycles. The molecule has 0 radical (unpaired) electrons. The van der Waals surface area contributed by atoms with E-state index in [1.807, 2.05) is 6.07 Å². The molecule has 1 fully saturated rings. The van der Waals surface area contributed by atoms with Crippen LogP contribution in [0, 0.1) is 23.1 Å². The number of rotatable bonds is 5. The molecule has 0 spiro atoms. The van der Waals surface area contributed by atoms with Crippen molar-refractivity contribution in [1.82, 2.24) is 5.32 Å². The Kier molecular flexibility index (Phi) is 3.75. The molecule has 1 aromatic carbocycles. The lowest BCUT2D eigenvalue weighted by atomic mass is 10.1. The summed E-state index contributed by atoms with van der Waals surface area (Å²) < 4.78 is 13.1. The predicted octanol–water partition coefficient (Wildman–Crippen LogP) is 2.98. The summed E-state index contributed by atoms with van der Waals surface area (Å²) in [5.41, 5.74) is 1.09. The van der Waals surface area contributed by atoms with Crippen LogP contribution in [0.5, 0.6) is 0 Å². The second kappa shape index (κ2) is 5.29. The SMILES string of the molecule is CC(CC1CC1)NCc1ccc(F)c(C#N)c1. The van der Waals surface area contributed by atoms with E-state index in [1.54, 1.807) is 12.1 Å². The number of hydrogen-bond donors (Lipinski definition) is 1. The summed E-state index contributed by atoms with van der Waals surface area (Å²) in [6, 6.07) is 7.06. The molecule has 2 rings (SSSR count). The Morgan fingerprint density at radius 1 is 1.53 bits per heavy atom. The van der Waals surface area contributed by atoms with Crippen molar-refractivity contribution >= 4 is 0 Å². The summed E-state index contributed by atoms with van der Waals surface area (Å²) in [5, 5.41) is 12.1. The van der Waals surface area contributed by atoms with Crippen LogP contribution in [0.3, 0.4) is 0 Å². The molecule has 17 heavy (non-hydrogen) atoms. The Morgan fingerprint density at radius 3 is 2.94 bits per heavy atom. The molecule has 90 valence electrons. The van der Waals surface area contributed by atoms with E-state index in [0.29, 0.717) is 12.6 Å². The highest BCUT2D eigenvalue weighted by molar-refractivity contribution is 5.34. The van der Waals surface area contributed by atoms with Crippen LogP contribution in [0.1, 0.15) is 37.3 Å². The summed E-state index contributed by atoms with van der Waals surface area (Å²) in [7, 11) is 0. The van der Waals surface area contributed by atoms with Gasteiger partial charge in [0, 0.05) is 12.6 Å². The van der Waals surface area contributed by atoms with Gasteiger partial charge in [-0.3, -0.25) is 0 Å². The fraction of sp³-hybridized carbons (Fsp3) is 0.500. The summed E-state index contributed by atoms with van der Waals surface area (Å²) in [6.45, 7) is 2.87. The fourth-order valence-corrected chi connectivity index (χ4v) is 2.00. The van der Waals surface area contributed by atoms with E-state index in [-0.39, 0.29) is 5.56 Å². The molecule has 1 aromatic rings. The lowest BCUT2D eigenvalue weighted by molar-refractivity contribution is 0.487. The van der Waals surface area contributed by atoms with Crippen LogP contribution in [-0.2, 0) is 6.54 Å². The van der Waals surface area contributed by atoms with Gasteiger partial charge in [0.1, 0.15) is 11.9 Å². The number of benzene rings is 1. The lowest BCUT2D eigenvalue weighted by Crippen LogP contribution is -2.25. The van der Waals surface area contributed by atoms with E-state index in [2.05, 4.69) is 12.2 Å². The monoisotopic (exact) mass is 232 g/mol. The second-order valence-electron chi connectivity index (χ2n) is 4.89. The molecule has 0 bridgehead atoms. The maximum atomic E-state index is 13.1. The van der Waals surface area contributed by atoms with Gasteiger partial charge in [0.2, 0.25) is 0 Å². The van der Waals surface area contributed by atoms with Gasteiger partial charge in [-0.25, -0.2) is 4.39 Å². The van der Waals surface area contributed by atoms with Crippen molar-refractivity contribution in [1.29, 1.82) is 5.26 Å². The average molecular weight is 232 g/mol. The van der Waals surface area contributed by atoms with Gasteiger partial charge in [-0.2, -0.15) is 5.26 Å². The normalized spacial score (nSPS) is 16.5. The second-order valence-corrected chi connectivity index (χ2v) is 4.89. The molecule has 1 atom stereocenters. The number of nitriles is 1. The molecule has 2 nitrogen and oxygen atoms in total. The number of nitrogens with zero attached hydrogens (tertiary/aromatic N) is 1. The van der Waals surface area contributed by atoms with E-state index in [9.17, 15) is 4.39 Å². The molecule has 1 unspecified atom stereocenters. The predicted molar refractivity (Wildman–Crippen MR) is 64.8 cm³/mol. The van der Waals surface area contributed by atoms with E-state index < -0.39 is 5.82 Å². The van der Waals surface area contributed by atoms with Crippen LogP contribution in [0.2, 0.25) is 0 Å². The first-order valence-electron chi connectivity index (χ1n) is 6.11. The van der Waals surface area contributed by atoms with E-state index >= 15 is 0 Å². The van der Waals surface area contributed by atoms with Gasteiger partial charge in [-0.15, -0.1) is 0 Å². The molecule has 1 aliphatic rings. The third-order valence-corrected chi connectivity index (χ3v) is 3.19. The Labute approximate surface area is 101 Å². The molecule has 1 N–H and O–H groups in total. The molecule has 0 amide bonds. The van der Waals surface area contributed by atoms with Crippen molar-refractivity contribution in [2.75, 3.05) is 0 Å². The Hall–Kier alpha value is -1.40. The van der Waals surface area contributed by atoms with Crippen molar-refractivity contribution in [3.05, 3.63) is 35.1 Å². The summed E-state index contributed by atoms with van der Waals surface area (Å²) >= 11 is 0. The minimum atomic E-state index is -0.442. The third-order valence-electron chi connectivity index (χ3n) is 3.19. The highest BCUT2D eigenvalue weighted by Crippen LogP contribution is 2.33. The number of hydrogen-bond acceptors (Lipinski definition) is 2. The molecule has 0 heterocycles. The summed E-state index contributed by atoms with van der Waals surface area (Å²) in [6.07, 6.45) is 3.94. The van der Waals surface area contributed by atoms with Crippen molar-refractivity contribution < 1.29 is 4.39 Å². The van der Waals surface area contributed by atoms with Gasteiger partial charge >= 0.3 is 0 Å². The van der Waals surface area contributed by atoms with Crippen LogP contribution >= 0.6 is 0 Å². The van der Waals surface area contributed by atoms with Gasteiger partial charge in [-0.1, -0.05) is 18.9 Å². The van der Waals surface area contributed by atoms with Crippen molar-refractivity contribution in [3.8, 4) is 6.07 Å². The molecular formula is C14H17FN2. The van der Waals surface area contributed by atoms with E-state index in [1.165, 1.54) is 25.3 Å². The van der Waals surface area contributed by atoms with E-state index in [0.717, 1.165) is 11.5 Å². The zero-order chi connectivity index (χ0) is 12.3. The van der Waals surface area contributed by atoms with Gasteiger partial charge < -0.3 is 5.32 Å². The topological polar surface area (TPSA) is 35.8 Å². The quantitative estimate of drug-likeness (QED) is 0.847. The fourth-order valence-electron chi connectivity index (χ4n) is 2.00. The van der Waals surface area contributed by atoms with Crippen LogP contribution in [-0.4, -0.2) is 6.04 Å². The first-order chi connectivity index (χ1) is 8.19. The largest absolute Gasteiger partial charge is 0.310 e. The smallest absolute Gasteiger partial charge is 0.140 e. The Balaban J connectivity index is 1.87. The van der Waals surface area contributed by atoms with Crippen LogP contribution in [0.4, 0.5) is 4.39 Å². The molecular weight excluding hydrogens is 215 g/mol. The maximum Gasteiger partial charge on any atom is 0.140 e. The standard InChI is InChI=1S/C14H17FN2/c1-10(6-11-2-3-11)17-9-12-4-5-14(15)13(7-12)8-16/h4-5,7,10-11,17H,2-3,6,9H2,1H3. The molecule has 1 saturated carbocycles. The molecule has 3 heteroatoms. The van der Waals surface area contributed by atoms with Crippen LogP contribution in [0.25, 0.3) is 0 Å². The van der Waals surface area contributed by atoms with Crippen LogP contribution in [0.15, 0.2) is 18.2 Å². The van der Waals surface area contributed by atoms with Crippen molar-refractivity contribution in [2.45, 2.75) is 38.8 Å². The highest BCUT2D eigenvalue weighted by Gasteiger charge is 2.23. The van der Waals surface area contributed by atoms with Crippen LogP contribution < -0.4 is 5.32 Å². The average Bonchev–Trinajstić information content (AvgIpc) is 3.12.